The van der Waals surface area contributed by atoms with Crippen molar-refractivity contribution in [2.45, 2.75) is 12.8 Å². The lowest BCUT2D eigenvalue weighted by molar-refractivity contribution is -0.134. The largest absolute Gasteiger partial charge is 0.347 e. The molecule has 24 heavy (non-hydrogen) atoms. The summed E-state index contributed by atoms with van der Waals surface area (Å²) in [4.78, 5) is 39.7. The van der Waals surface area contributed by atoms with Gasteiger partial charge in [-0.15, -0.1) is 0 Å². The molecule has 1 saturated heterocycles. The highest BCUT2D eigenvalue weighted by Gasteiger charge is 2.19. The summed E-state index contributed by atoms with van der Waals surface area (Å²) in [5, 5.41) is 3.08. The first-order chi connectivity index (χ1) is 11.5. The van der Waals surface area contributed by atoms with E-state index in [2.05, 4.69) is 10.2 Å². The number of halogens is 1. The van der Waals surface area contributed by atoms with Crippen molar-refractivity contribution < 1.29 is 14.4 Å². The van der Waals surface area contributed by atoms with E-state index in [1.165, 1.54) is 0 Å². The van der Waals surface area contributed by atoms with E-state index in [0.29, 0.717) is 23.7 Å². The normalized spacial score (nSPS) is 15.2. The number of hydrogen-bond acceptors (Lipinski definition) is 4. The van der Waals surface area contributed by atoms with Gasteiger partial charge in [-0.05, 0) is 19.2 Å². The van der Waals surface area contributed by atoms with E-state index >= 15 is 0 Å². The molecule has 0 aliphatic carbocycles. The topological polar surface area (TPSA) is 69.7 Å². The van der Waals surface area contributed by atoms with Crippen LogP contribution in [0.3, 0.4) is 0 Å². The van der Waals surface area contributed by atoms with Crippen molar-refractivity contribution in [2.75, 3.05) is 39.8 Å². The van der Waals surface area contributed by atoms with Gasteiger partial charge >= 0.3 is 0 Å². The molecular formula is C17H22ClN3O3. The molecule has 0 saturated carbocycles. The van der Waals surface area contributed by atoms with Crippen LogP contribution in [-0.2, 0) is 9.59 Å². The van der Waals surface area contributed by atoms with Gasteiger partial charge in [-0.1, -0.05) is 23.7 Å². The summed E-state index contributed by atoms with van der Waals surface area (Å²) in [6.45, 7) is 3.02. The number of rotatable bonds is 6. The van der Waals surface area contributed by atoms with Crippen LogP contribution in [0.25, 0.3) is 0 Å². The van der Waals surface area contributed by atoms with E-state index in [1.807, 2.05) is 7.05 Å². The number of likely N-dealkylation sites (N-methyl/N-ethyl adjacent to an activating group) is 1. The molecule has 0 radical (unpaired) electrons. The molecule has 1 aliphatic rings. The van der Waals surface area contributed by atoms with Crippen molar-refractivity contribution in [1.82, 2.24) is 15.1 Å². The Morgan fingerprint density at radius 2 is 1.83 bits per heavy atom. The van der Waals surface area contributed by atoms with E-state index in [-0.39, 0.29) is 37.0 Å². The lowest BCUT2D eigenvalue weighted by Crippen LogP contribution is -2.50. The molecule has 0 unspecified atom stereocenters. The smallest absolute Gasteiger partial charge is 0.242 e. The Balaban J connectivity index is 1.69. The summed E-state index contributed by atoms with van der Waals surface area (Å²) in [6.07, 6.45) is 0.149. The first-order valence-corrected chi connectivity index (χ1v) is 8.35. The zero-order valence-corrected chi connectivity index (χ0v) is 14.5. The Morgan fingerprint density at radius 3 is 2.50 bits per heavy atom. The van der Waals surface area contributed by atoms with Crippen molar-refractivity contribution >= 4 is 29.2 Å². The molecule has 7 heteroatoms. The lowest BCUT2D eigenvalue weighted by Gasteiger charge is -2.32. The van der Waals surface area contributed by atoms with Gasteiger partial charge in [0, 0.05) is 49.6 Å². The second-order valence-corrected chi connectivity index (χ2v) is 6.33. The molecule has 0 bridgehead atoms. The Bertz CT molecular complexity index is 613. The van der Waals surface area contributed by atoms with E-state index < -0.39 is 0 Å². The van der Waals surface area contributed by atoms with E-state index in [4.69, 9.17) is 11.6 Å². The number of nitrogens with one attached hydrogen (secondary N) is 1. The first kappa shape index (κ1) is 18.4. The van der Waals surface area contributed by atoms with Gasteiger partial charge in [0.1, 0.15) is 0 Å². The summed E-state index contributed by atoms with van der Waals surface area (Å²) in [5.74, 6) is -0.525. The molecule has 0 spiro atoms. The molecule has 1 aliphatic heterocycles. The van der Waals surface area contributed by atoms with Gasteiger partial charge in [0.05, 0.1) is 6.54 Å². The number of piperazine rings is 1. The summed E-state index contributed by atoms with van der Waals surface area (Å²) in [6, 6.07) is 6.64. The fourth-order valence-electron chi connectivity index (χ4n) is 2.46. The minimum Gasteiger partial charge on any atom is -0.347 e. The molecule has 0 aromatic heterocycles. The van der Waals surface area contributed by atoms with Crippen molar-refractivity contribution in [3.63, 3.8) is 0 Å². The van der Waals surface area contributed by atoms with Crippen LogP contribution in [0, 0.1) is 0 Å². The van der Waals surface area contributed by atoms with Gasteiger partial charge in [-0.2, -0.15) is 0 Å². The number of hydrogen-bond donors (Lipinski definition) is 1. The molecule has 0 atom stereocenters. The first-order valence-electron chi connectivity index (χ1n) is 7.97. The minimum atomic E-state index is -0.298. The molecule has 1 N–H and O–H groups in total. The molecule has 130 valence electrons. The Morgan fingerprint density at radius 1 is 1.12 bits per heavy atom. The van der Waals surface area contributed by atoms with Gasteiger partial charge in [0.2, 0.25) is 11.8 Å². The highest BCUT2D eigenvalue weighted by Crippen LogP contribution is 2.13. The molecule has 6 nitrogen and oxygen atoms in total. The number of nitrogens with zero attached hydrogens (tertiary/aromatic N) is 2. The second-order valence-electron chi connectivity index (χ2n) is 5.89. The maximum Gasteiger partial charge on any atom is 0.242 e. The van der Waals surface area contributed by atoms with Gasteiger partial charge in [-0.3, -0.25) is 14.4 Å². The average Bonchev–Trinajstić information content (AvgIpc) is 2.58. The Kier molecular flexibility index (Phi) is 6.75. The zero-order valence-electron chi connectivity index (χ0n) is 13.8. The van der Waals surface area contributed by atoms with Crippen LogP contribution in [0.15, 0.2) is 24.3 Å². The quantitative estimate of drug-likeness (QED) is 0.782. The molecule has 1 fully saturated rings. The molecule has 1 aromatic rings. The van der Waals surface area contributed by atoms with E-state index in [1.54, 1.807) is 29.2 Å². The highest BCUT2D eigenvalue weighted by molar-refractivity contribution is 6.31. The maximum atomic E-state index is 12.0. The maximum absolute atomic E-state index is 12.0. The fraction of sp³-hybridized carbons (Fsp3) is 0.471. The number of carbonyl (C=O) groups is 3. The van der Waals surface area contributed by atoms with Crippen molar-refractivity contribution in [3.05, 3.63) is 34.9 Å². The predicted molar refractivity (Wildman–Crippen MR) is 92.1 cm³/mol. The van der Waals surface area contributed by atoms with Gasteiger partial charge < -0.3 is 15.1 Å². The van der Waals surface area contributed by atoms with Crippen LogP contribution >= 0.6 is 11.6 Å². The minimum absolute atomic E-state index is 0.0199. The summed E-state index contributed by atoms with van der Waals surface area (Å²) in [5.41, 5.74) is 0.490. The van der Waals surface area contributed by atoms with Crippen LogP contribution in [0.2, 0.25) is 5.02 Å². The predicted octanol–water partition coefficient (Wildman–Crippen LogP) is 1.19. The Labute approximate surface area is 146 Å². The number of ketones is 1. The summed E-state index contributed by atoms with van der Waals surface area (Å²) >= 11 is 5.84. The van der Waals surface area contributed by atoms with Gasteiger partial charge in [0.15, 0.2) is 5.78 Å². The number of amides is 2. The number of Topliss-reactive ketones (excluding diaryl/α,β-unsaturated/α-hetero) is 1. The van der Waals surface area contributed by atoms with Crippen molar-refractivity contribution in [3.8, 4) is 0 Å². The third-order valence-electron chi connectivity index (χ3n) is 4.02. The Hall–Kier alpha value is -1.92. The van der Waals surface area contributed by atoms with Gasteiger partial charge in [0.25, 0.3) is 0 Å². The van der Waals surface area contributed by atoms with Crippen LogP contribution in [-0.4, -0.2) is 67.2 Å². The SMILES string of the molecule is CN1CCN(C(=O)CNC(=O)CCC(=O)c2cccc(Cl)c2)CC1. The lowest BCUT2D eigenvalue weighted by atomic mass is 10.1. The van der Waals surface area contributed by atoms with E-state index in [0.717, 1.165) is 13.1 Å². The third-order valence-corrected chi connectivity index (χ3v) is 4.25. The fourth-order valence-corrected chi connectivity index (χ4v) is 2.65. The monoisotopic (exact) mass is 351 g/mol. The summed E-state index contributed by atoms with van der Waals surface area (Å²) in [7, 11) is 2.01. The average molecular weight is 352 g/mol. The number of carbonyl (C=O) groups excluding carboxylic acids is 3. The molecule has 1 aromatic carbocycles. The zero-order chi connectivity index (χ0) is 17.5. The van der Waals surface area contributed by atoms with E-state index in [9.17, 15) is 14.4 Å². The molecular weight excluding hydrogens is 330 g/mol. The molecule has 1 heterocycles. The third kappa shape index (κ3) is 5.62. The van der Waals surface area contributed by atoms with Crippen LogP contribution < -0.4 is 5.32 Å². The van der Waals surface area contributed by atoms with Crippen LogP contribution in [0.1, 0.15) is 23.2 Å². The van der Waals surface area contributed by atoms with Gasteiger partial charge in [-0.25, -0.2) is 0 Å². The van der Waals surface area contributed by atoms with Crippen molar-refractivity contribution in [1.29, 1.82) is 0 Å². The summed E-state index contributed by atoms with van der Waals surface area (Å²) < 4.78 is 0. The molecule has 2 rings (SSSR count). The van der Waals surface area contributed by atoms with Crippen molar-refractivity contribution in [2.24, 2.45) is 0 Å². The molecule has 2 amide bonds. The van der Waals surface area contributed by atoms with Crippen LogP contribution in [0.5, 0.6) is 0 Å². The highest BCUT2D eigenvalue weighted by atomic mass is 35.5. The van der Waals surface area contributed by atoms with Crippen LogP contribution in [0.4, 0.5) is 0 Å². The number of benzene rings is 1. The second kappa shape index (κ2) is 8.80. The standard InChI is InChI=1S/C17H22ClN3O3/c1-20-7-9-21(10-8-20)17(24)12-19-16(23)6-5-15(22)13-3-2-4-14(18)11-13/h2-4,11H,5-10,12H2,1H3,(H,19,23).